The van der Waals surface area contributed by atoms with Crippen LogP contribution >= 0.6 is 0 Å². The van der Waals surface area contributed by atoms with Crippen LogP contribution in [0.15, 0.2) is 53.4 Å². The molecule has 1 N–H and O–H groups in total. The number of hydrogen-bond acceptors (Lipinski definition) is 6. The van der Waals surface area contributed by atoms with Gasteiger partial charge in [0.25, 0.3) is 5.91 Å². The Morgan fingerprint density at radius 2 is 1.53 bits per heavy atom. The number of anilines is 1. The van der Waals surface area contributed by atoms with Crippen molar-refractivity contribution in [2.24, 2.45) is 0 Å². The second kappa shape index (κ2) is 9.36. The van der Waals surface area contributed by atoms with Crippen molar-refractivity contribution in [2.45, 2.75) is 17.9 Å². The number of ether oxygens (including phenoxy) is 2. The lowest BCUT2D eigenvalue weighted by molar-refractivity contribution is -0.126. The van der Waals surface area contributed by atoms with Crippen LogP contribution in [0.4, 0.5) is 5.69 Å². The number of carbonyl (C=O) groups excluding carboxylic acids is 1. The summed E-state index contributed by atoms with van der Waals surface area (Å²) in [5, 5.41) is 2.51. The largest absolute Gasteiger partial charge is 0.497 e. The second-order valence-corrected chi connectivity index (χ2v) is 8.87. The van der Waals surface area contributed by atoms with Gasteiger partial charge in [0.1, 0.15) is 11.5 Å². The summed E-state index contributed by atoms with van der Waals surface area (Å²) in [6, 6.07) is 13.9. The molecule has 0 bridgehead atoms. The molecule has 1 heterocycles. The minimum Gasteiger partial charge on any atom is -0.497 e. The lowest BCUT2D eigenvalue weighted by atomic mass is 10.2. The zero-order chi connectivity index (χ0) is 21.7. The van der Waals surface area contributed by atoms with Gasteiger partial charge in [-0.15, -0.1) is 0 Å². The molecule has 0 unspecified atom stereocenters. The topological polar surface area (TPSA) is 88.2 Å². The van der Waals surface area contributed by atoms with E-state index in [1.165, 1.54) is 23.5 Å². The third-order valence-corrected chi connectivity index (χ3v) is 6.98. The van der Waals surface area contributed by atoms with Crippen LogP contribution in [-0.4, -0.2) is 65.1 Å². The van der Waals surface area contributed by atoms with E-state index in [9.17, 15) is 13.2 Å². The molecule has 1 atom stereocenters. The number of piperazine rings is 1. The van der Waals surface area contributed by atoms with E-state index >= 15 is 0 Å². The molecule has 1 fully saturated rings. The van der Waals surface area contributed by atoms with Gasteiger partial charge in [0.2, 0.25) is 10.0 Å². The molecule has 0 spiro atoms. The maximum atomic E-state index is 13.0. The van der Waals surface area contributed by atoms with Crippen molar-refractivity contribution >= 4 is 21.6 Å². The van der Waals surface area contributed by atoms with Gasteiger partial charge in [0.15, 0.2) is 6.10 Å². The highest BCUT2D eigenvalue weighted by atomic mass is 32.2. The van der Waals surface area contributed by atoms with Crippen molar-refractivity contribution in [2.75, 3.05) is 45.2 Å². The molecule has 9 heteroatoms. The average Bonchev–Trinajstić information content (AvgIpc) is 2.79. The fraction of sp³-hybridized carbons (Fsp3) is 0.381. The first kappa shape index (κ1) is 21.9. The smallest absolute Gasteiger partial charge is 0.260 e. The van der Waals surface area contributed by atoms with Crippen LogP contribution in [-0.2, 0) is 14.8 Å². The number of benzene rings is 2. The summed E-state index contributed by atoms with van der Waals surface area (Å²) >= 11 is 0. The summed E-state index contributed by atoms with van der Waals surface area (Å²) in [6.45, 7) is 3.65. The first-order valence-corrected chi connectivity index (χ1v) is 11.2. The Morgan fingerprint density at radius 1 is 0.967 bits per heavy atom. The Balaban J connectivity index is 1.62. The Morgan fingerprint density at radius 3 is 2.07 bits per heavy atom. The van der Waals surface area contributed by atoms with E-state index in [0.29, 0.717) is 31.9 Å². The number of nitrogens with zero attached hydrogens (tertiary/aromatic N) is 2. The highest BCUT2D eigenvalue weighted by Crippen LogP contribution is 2.24. The fourth-order valence-corrected chi connectivity index (χ4v) is 4.70. The van der Waals surface area contributed by atoms with Crippen LogP contribution in [0.25, 0.3) is 0 Å². The van der Waals surface area contributed by atoms with Crippen molar-refractivity contribution in [1.29, 1.82) is 0 Å². The Bertz CT molecular complexity index is 953. The van der Waals surface area contributed by atoms with E-state index in [4.69, 9.17) is 9.47 Å². The SMILES string of the molecule is CNC(=O)[C@H](C)Oc1ccc(S(=O)(=O)N2CCN(c3ccc(OC)cc3)CC2)cc1. The van der Waals surface area contributed by atoms with Crippen molar-refractivity contribution < 1.29 is 22.7 Å². The summed E-state index contributed by atoms with van der Waals surface area (Å²) in [6.07, 6.45) is -0.663. The predicted molar refractivity (Wildman–Crippen MR) is 115 cm³/mol. The molecule has 1 amide bonds. The Kier molecular flexibility index (Phi) is 6.84. The van der Waals surface area contributed by atoms with Gasteiger partial charge in [-0.3, -0.25) is 4.79 Å². The normalized spacial score (nSPS) is 16.0. The molecule has 0 aromatic heterocycles. The highest BCUT2D eigenvalue weighted by Gasteiger charge is 2.28. The van der Waals surface area contributed by atoms with Crippen molar-refractivity contribution in [1.82, 2.24) is 9.62 Å². The molecule has 8 nitrogen and oxygen atoms in total. The van der Waals surface area contributed by atoms with E-state index in [2.05, 4.69) is 10.2 Å². The molecule has 3 rings (SSSR count). The van der Waals surface area contributed by atoms with Gasteiger partial charge in [-0.2, -0.15) is 4.31 Å². The number of likely N-dealkylation sites (N-methyl/N-ethyl adjacent to an activating group) is 1. The lowest BCUT2D eigenvalue weighted by Gasteiger charge is -2.35. The van der Waals surface area contributed by atoms with Crippen LogP contribution in [0.3, 0.4) is 0 Å². The predicted octanol–water partition coefficient (Wildman–Crippen LogP) is 1.72. The number of nitrogens with one attached hydrogen (secondary N) is 1. The molecular formula is C21H27N3O5S. The Hall–Kier alpha value is -2.78. The number of carbonyl (C=O) groups is 1. The van der Waals surface area contributed by atoms with E-state index < -0.39 is 16.1 Å². The fourth-order valence-electron chi connectivity index (χ4n) is 3.28. The van der Waals surface area contributed by atoms with Gasteiger partial charge in [0, 0.05) is 38.9 Å². The first-order valence-electron chi connectivity index (χ1n) is 9.72. The molecule has 1 aliphatic rings. The molecule has 2 aromatic rings. The number of methoxy groups -OCH3 is 1. The zero-order valence-electron chi connectivity index (χ0n) is 17.4. The summed E-state index contributed by atoms with van der Waals surface area (Å²) in [7, 11) is -0.434. The van der Waals surface area contributed by atoms with Gasteiger partial charge in [0.05, 0.1) is 12.0 Å². The molecular weight excluding hydrogens is 406 g/mol. The lowest BCUT2D eigenvalue weighted by Crippen LogP contribution is -2.48. The maximum Gasteiger partial charge on any atom is 0.260 e. The first-order chi connectivity index (χ1) is 14.3. The molecule has 0 radical (unpaired) electrons. The van der Waals surface area contributed by atoms with Crippen LogP contribution in [0.1, 0.15) is 6.92 Å². The number of rotatable bonds is 7. The van der Waals surface area contributed by atoms with Crippen LogP contribution in [0.5, 0.6) is 11.5 Å². The molecule has 162 valence electrons. The van der Waals surface area contributed by atoms with Gasteiger partial charge >= 0.3 is 0 Å². The minimum absolute atomic E-state index is 0.209. The van der Waals surface area contributed by atoms with Gasteiger partial charge < -0.3 is 19.7 Å². The van der Waals surface area contributed by atoms with Crippen molar-refractivity contribution in [3.05, 3.63) is 48.5 Å². The van der Waals surface area contributed by atoms with Crippen LogP contribution in [0, 0.1) is 0 Å². The van der Waals surface area contributed by atoms with Crippen LogP contribution in [0.2, 0.25) is 0 Å². The summed E-state index contributed by atoms with van der Waals surface area (Å²) < 4.78 is 38.2. The van der Waals surface area contributed by atoms with E-state index in [0.717, 1.165) is 11.4 Å². The van der Waals surface area contributed by atoms with Crippen LogP contribution < -0.4 is 19.7 Å². The van der Waals surface area contributed by atoms with E-state index in [-0.39, 0.29) is 10.8 Å². The summed E-state index contributed by atoms with van der Waals surface area (Å²) in [5.74, 6) is 0.980. The number of sulfonamides is 1. The average molecular weight is 434 g/mol. The number of hydrogen-bond donors (Lipinski definition) is 1. The maximum absolute atomic E-state index is 13.0. The number of amides is 1. The third-order valence-electron chi connectivity index (χ3n) is 5.07. The van der Waals surface area contributed by atoms with Gasteiger partial charge in [-0.1, -0.05) is 0 Å². The monoisotopic (exact) mass is 433 g/mol. The van der Waals surface area contributed by atoms with Crippen molar-refractivity contribution in [3.63, 3.8) is 0 Å². The highest BCUT2D eigenvalue weighted by molar-refractivity contribution is 7.89. The van der Waals surface area contributed by atoms with Gasteiger partial charge in [-0.05, 0) is 55.5 Å². The second-order valence-electron chi connectivity index (χ2n) is 6.93. The molecule has 1 saturated heterocycles. The standard InChI is InChI=1S/C21H27N3O5S/c1-16(21(25)22-2)29-19-8-10-20(11-9-19)30(26,27)24-14-12-23(13-15-24)17-4-6-18(28-3)7-5-17/h4-11,16H,12-15H2,1-3H3,(H,22,25)/t16-/m0/s1. The minimum atomic E-state index is -3.59. The van der Waals surface area contributed by atoms with Crippen molar-refractivity contribution in [3.8, 4) is 11.5 Å². The zero-order valence-corrected chi connectivity index (χ0v) is 18.2. The van der Waals surface area contributed by atoms with E-state index in [1.54, 1.807) is 26.2 Å². The summed E-state index contributed by atoms with van der Waals surface area (Å²) in [5.41, 5.74) is 1.04. The summed E-state index contributed by atoms with van der Waals surface area (Å²) in [4.78, 5) is 13.9. The Labute approximate surface area is 177 Å². The molecule has 30 heavy (non-hydrogen) atoms. The van der Waals surface area contributed by atoms with E-state index in [1.807, 2.05) is 24.3 Å². The molecule has 2 aromatic carbocycles. The quantitative estimate of drug-likeness (QED) is 0.715. The molecule has 0 saturated carbocycles. The van der Waals surface area contributed by atoms with Gasteiger partial charge in [-0.25, -0.2) is 8.42 Å². The third kappa shape index (κ3) is 4.85. The molecule has 0 aliphatic carbocycles. The molecule has 1 aliphatic heterocycles.